The fourth-order valence-corrected chi connectivity index (χ4v) is 3.04. The monoisotopic (exact) mass is 337 g/mol. The van der Waals surface area contributed by atoms with Gasteiger partial charge in [-0.2, -0.15) is 0 Å². The van der Waals surface area contributed by atoms with Crippen LogP contribution in [0, 0.1) is 5.92 Å². The number of halogens is 1. The molecule has 20 heavy (non-hydrogen) atoms. The van der Waals surface area contributed by atoms with Crippen LogP contribution in [0.4, 0.5) is 0 Å². The molecule has 0 radical (unpaired) electrons. The van der Waals surface area contributed by atoms with Crippen molar-refractivity contribution >= 4 is 26.9 Å². The van der Waals surface area contributed by atoms with Crippen LogP contribution in [0.15, 0.2) is 33.2 Å². The molecular formula is C16H20BrNO2. The second-order valence-electron chi connectivity index (χ2n) is 5.54. The number of fused-ring (bicyclic) bond motifs is 1. The van der Waals surface area contributed by atoms with E-state index in [4.69, 9.17) is 9.15 Å². The van der Waals surface area contributed by atoms with Crippen LogP contribution >= 0.6 is 15.9 Å². The highest BCUT2D eigenvalue weighted by Gasteiger charge is 2.17. The summed E-state index contributed by atoms with van der Waals surface area (Å²) < 4.78 is 12.5. The average Bonchev–Trinajstić information content (AvgIpc) is 2.89. The summed E-state index contributed by atoms with van der Waals surface area (Å²) in [5.41, 5.74) is 0.942. The maximum absolute atomic E-state index is 5.91. The van der Waals surface area contributed by atoms with Crippen LogP contribution in [0.3, 0.4) is 0 Å². The summed E-state index contributed by atoms with van der Waals surface area (Å²) in [7, 11) is 0. The summed E-state index contributed by atoms with van der Waals surface area (Å²) in [5, 5.41) is 4.70. The minimum absolute atomic E-state index is 0.225. The van der Waals surface area contributed by atoms with E-state index in [1.54, 1.807) is 0 Å². The maximum atomic E-state index is 5.91. The minimum Gasteiger partial charge on any atom is -0.459 e. The molecule has 2 unspecified atom stereocenters. The maximum Gasteiger partial charge on any atom is 0.134 e. The van der Waals surface area contributed by atoms with Crippen molar-refractivity contribution in [1.29, 1.82) is 0 Å². The van der Waals surface area contributed by atoms with Gasteiger partial charge in [-0.15, -0.1) is 0 Å². The molecular weight excluding hydrogens is 318 g/mol. The summed E-state index contributed by atoms with van der Waals surface area (Å²) in [6.45, 7) is 4.94. The van der Waals surface area contributed by atoms with E-state index in [0.29, 0.717) is 5.92 Å². The predicted molar refractivity (Wildman–Crippen MR) is 83.9 cm³/mol. The average molecular weight is 338 g/mol. The van der Waals surface area contributed by atoms with Gasteiger partial charge in [-0.1, -0.05) is 15.9 Å². The minimum atomic E-state index is 0.225. The number of hydrogen-bond donors (Lipinski definition) is 1. The zero-order valence-electron chi connectivity index (χ0n) is 11.7. The summed E-state index contributed by atoms with van der Waals surface area (Å²) in [5.74, 6) is 1.62. The van der Waals surface area contributed by atoms with Gasteiger partial charge in [-0.3, -0.25) is 0 Å². The van der Waals surface area contributed by atoms with Crippen LogP contribution in [0.2, 0.25) is 0 Å². The fraction of sp³-hybridized carbons (Fsp3) is 0.500. The van der Waals surface area contributed by atoms with E-state index in [2.05, 4.69) is 40.3 Å². The predicted octanol–water partition coefficient (Wildman–Crippen LogP) is 4.27. The number of ether oxygens (including phenoxy) is 1. The van der Waals surface area contributed by atoms with Crippen molar-refractivity contribution < 1.29 is 9.15 Å². The number of nitrogens with one attached hydrogen (secondary N) is 1. The largest absolute Gasteiger partial charge is 0.459 e. The van der Waals surface area contributed by atoms with E-state index in [-0.39, 0.29) is 6.04 Å². The van der Waals surface area contributed by atoms with Gasteiger partial charge in [0.25, 0.3) is 0 Å². The van der Waals surface area contributed by atoms with E-state index in [9.17, 15) is 0 Å². The van der Waals surface area contributed by atoms with E-state index < -0.39 is 0 Å². The van der Waals surface area contributed by atoms with E-state index >= 15 is 0 Å². The van der Waals surface area contributed by atoms with Gasteiger partial charge in [0.15, 0.2) is 0 Å². The van der Waals surface area contributed by atoms with Gasteiger partial charge in [-0.25, -0.2) is 0 Å². The number of rotatable bonds is 4. The third-order valence-electron chi connectivity index (χ3n) is 3.89. The van der Waals surface area contributed by atoms with Crippen molar-refractivity contribution in [3.05, 3.63) is 34.5 Å². The molecule has 108 valence electrons. The molecule has 0 saturated carbocycles. The van der Waals surface area contributed by atoms with Gasteiger partial charge in [-0.05, 0) is 49.9 Å². The van der Waals surface area contributed by atoms with Gasteiger partial charge in [0.05, 0.1) is 12.6 Å². The number of hydrogen-bond acceptors (Lipinski definition) is 3. The number of benzene rings is 1. The Morgan fingerprint density at radius 2 is 2.30 bits per heavy atom. The van der Waals surface area contributed by atoms with Crippen molar-refractivity contribution in [2.75, 3.05) is 19.8 Å². The van der Waals surface area contributed by atoms with Gasteiger partial charge in [0.2, 0.25) is 0 Å². The molecule has 3 rings (SSSR count). The van der Waals surface area contributed by atoms with Crippen LogP contribution < -0.4 is 5.32 Å². The van der Waals surface area contributed by atoms with Crippen LogP contribution in [-0.4, -0.2) is 19.8 Å². The molecule has 2 aromatic rings. The summed E-state index contributed by atoms with van der Waals surface area (Å²) in [4.78, 5) is 0. The molecule has 4 heteroatoms. The second-order valence-corrected chi connectivity index (χ2v) is 6.46. The van der Waals surface area contributed by atoms with Crippen molar-refractivity contribution in [1.82, 2.24) is 5.32 Å². The molecule has 1 fully saturated rings. The third kappa shape index (κ3) is 3.25. The Kier molecular flexibility index (Phi) is 4.44. The lowest BCUT2D eigenvalue weighted by Gasteiger charge is -2.23. The van der Waals surface area contributed by atoms with E-state index in [1.165, 1.54) is 12.8 Å². The SMILES string of the molecule is CC(NCC1CCCOC1)c1cc2cc(Br)ccc2o1. The first kappa shape index (κ1) is 14.1. The molecule has 1 aliphatic heterocycles. The Labute approximate surface area is 127 Å². The Morgan fingerprint density at radius 3 is 3.10 bits per heavy atom. The quantitative estimate of drug-likeness (QED) is 0.904. The molecule has 2 atom stereocenters. The van der Waals surface area contributed by atoms with Crippen molar-refractivity contribution in [2.45, 2.75) is 25.8 Å². The first-order chi connectivity index (χ1) is 9.72. The molecule has 1 saturated heterocycles. The Hall–Kier alpha value is -0.840. The first-order valence-corrected chi connectivity index (χ1v) is 8.02. The number of furan rings is 1. The molecule has 1 N–H and O–H groups in total. The van der Waals surface area contributed by atoms with Gasteiger partial charge < -0.3 is 14.5 Å². The van der Waals surface area contributed by atoms with Crippen LogP contribution in [0.1, 0.15) is 31.6 Å². The molecule has 0 spiro atoms. The summed E-state index contributed by atoms with van der Waals surface area (Å²) in [6, 6.07) is 8.44. The lowest BCUT2D eigenvalue weighted by Crippen LogP contribution is -2.30. The lowest BCUT2D eigenvalue weighted by atomic mass is 10.0. The zero-order chi connectivity index (χ0) is 13.9. The molecule has 1 aromatic carbocycles. The van der Waals surface area contributed by atoms with Gasteiger partial charge >= 0.3 is 0 Å². The Balaban J connectivity index is 1.64. The molecule has 0 amide bonds. The molecule has 0 bridgehead atoms. The van der Waals surface area contributed by atoms with Crippen LogP contribution in [0.25, 0.3) is 11.0 Å². The second kappa shape index (κ2) is 6.29. The van der Waals surface area contributed by atoms with E-state index in [1.807, 2.05) is 12.1 Å². The standard InChI is InChI=1S/C16H20BrNO2/c1-11(18-9-12-3-2-6-19-10-12)16-8-13-7-14(17)4-5-15(13)20-16/h4-5,7-8,11-12,18H,2-3,6,9-10H2,1H3. The van der Waals surface area contributed by atoms with Crippen molar-refractivity contribution in [3.8, 4) is 0 Å². The van der Waals surface area contributed by atoms with E-state index in [0.717, 1.165) is 41.0 Å². The normalized spacial score (nSPS) is 21.2. The highest BCUT2D eigenvalue weighted by atomic mass is 79.9. The Morgan fingerprint density at radius 1 is 1.40 bits per heavy atom. The van der Waals surface area contributed by atoms with Gasteiger partial charge in [0.1, 0.15) is 11.3 Å². The molecule has 0 aliphatic carbocycles. The first-order valence-electron chi connectivity index (χ1n) is 7.22. The molecule has 2 heterocycles. The summed E-state index contributed by atoms with van der Waals surface area (Å²) in [6.07, 6.45) is 2.44. The topological polar surface area (TPSA) is 34.4 Å². The highest BCUT2D eigenvalue weighted by molar-refractivity contribution is 9.10. The molecule has 1 aromatic heterocycles. The van der Waals surface area contributed by atoms with Crippen molar-refractivity contribution in [2.24, 2.45) is 5.92 Å². The molecule has 3 nitrogen and oxygen atoms in total. The fourth-order valence-electron chi connectivity index (χ4n) is 2.66. The zero-order valence-corrected chi connectivity index (χ0v) is 13.3. The van der Waals surface area contributed by atoms with Crippen molar-refractivity contribution in [3.63, 3.8) is 0 Å². The van der Waals surface area contributed by atoms with Crippen LogP contribution in [0.5, 0.6) is 0 Å². The highest BCUT2D eigenvalue weighted by Crippen LogP contribution is 2.26. The third-order valence-corrected chi connectivity index (χ3v) is 4.38. The van der Waals surface area contributed by atoms with Crippen LogP contribution in [-0.2, 0) is 4.74 Å². The molecule has 1 aliphatic rings. The summed E-state index contributed by atoms with van der Waals surface area (Å²) >= 11 is 3.49. The smallest absolute Gasteiger partial charge is 0.134 e. The Bertz CT molecular complexity index is 575. The van der Waals surface area contributed by atoms with Gasteiger partial charge in [0, 0.05) is 23.0 Å². The lowest BCUT2D eigenvalue weighted by molar-refractivity contribution is 0.0537.